The Kier molecular flexibility index (Phi) is 5.02. The summed E-state index contributed by atoms with van der Waals surface area (Å²) in [6.07, 6.45) is -0.476. The highest BCUT2D eigenvalue weighted by atomic mass is 32.2. The Labute approximate surface area is 107 Å². The molecule has 0 bridgehead atoms. The Morgan fingerprint density at radius 1 is 1.35 bits per heavy atom. The lowest BCUT2D eigenvalue weighted by molar-refractivity contribution is -0.127. The molecule has 2 atom stereocenters. The van der Waals surface area contributed by atoms with E-state index in [1.165, 1.54) is 11.8 Å². The summed E-state index contributed by atoms with van der Waals surface area (Å²) in [6, 6.07) is 7.66. The van der Waals surface area contributed by atoms with E-state index in [-0.39, 0.29) is 11.2 Å². The van der Waals surface area contributed by atoms with E-state index in [4.69, 9.17) is 0 Å². The van der Waals surface area contributed by atoms with Crippen LogP contribution in [-0.2, 0) is 4.79 Å². The van der Waals surface area contributed by atoms with Crippen LogP contribution in [0.15, 0.2) is 29.2 Å². The normalized spacial score (nSPS) is 14.2. The molecule has 0 heterocycles. The van der Waals surface area contributed by atoms with Crippen molar-refractivity contribution in [1.29, 1.82) is 0 Å². The smallest absolute Gasteiger partial charge is 0.235 e. The van der Waals surface area contributed by atoms with Crippen LogP contribution in [0.2, 0.25) is 0 Å². The number of benzene rings is 1. The summed E-state index contributed by atoms with van der Waals surface area (Å²) in [5, 5.41) is 9.38. The molecule has 1 aromatic rings. The second-order valence-corrected chi connectivity index (χ2v) is 5.66. The number of hydrogen-bond acceptors (Lipinski definition) is 3. The average molecular weight is 253 g/mol. The minimum atomic E-state index is -0.476. The third kappa shape index (κ3) is 4.06. The minimum absolute atomic E-state index is 0.0949. The van der Waals surface area contributed by atoms with Crippen molar-refractivity contribution in [3.8, 4) is 0 Å². The quantitative estimate of drug-likeness (QED) is 0.837. The van der Waals surface area contributed by atoms with Gasteiger partial charge in [0.15, 0.2) is 0 Å². The molecule has 1 rings (SSSR count). The van der Waals surface area contributed by atoms with Crippen molar-refractivity contribution < 1.29 is 9.90 Å². The highest BCUT2D eigenvalue weighted by molar-refractivity contribution is 8.00. The van der Waals surface area contributed by atoms with Crippen molar-refractivity contribution in [1.82, 2.24) is 4.90 Å². The molecule has 0 saturated carbocycles. The van der Waals surface area contributed by atoms with E-state index in [2.05, 4.69) is 0 Å². The average Bonchev–Trinajstić information content (AvgIpc) is 2.28. The highest BCUT2D eigenvalue weighted by Crippen LogP contribution is 2.26. The van der Waals surface area contributed by atoms with Gasteiger partial charge in [-0.15, -0.1) is 11.8 Å². The Morgan fingerprint density at radius 2 is 2.00 bits per heavy atom. The predicted octanol–water partition coefficient (Wildman–Crippen LogP) is 2.31. The maximum Gasteiger partial charge on any atom is 0.235 e. The molecular formula is C13H19NO2S. The van der Waals surface area contributed by atoms with Gasteiger partial charge in [0.25, 0.3) is 0 Å². The van der Waals surface area contributed by atoms with E-state index in [1.807, 2.05) is 31.2 Å². The first kappa shape index (κ1) is 14.1. The highest BCUT2D eigenvalue weighted by Gasteiger charge is 2.16. The molecule has 4 heteroatoms. The van der Waals surface area contributed by atoms with Gasteiger partial charge in [-0.1, -0.05) is 12.1 Å². The number of nitrogens with zero attached hydrogens (tertiary/aromatic N) is 1. The molecule has 3 nitrogen and oxygen atoms in total. The van der Waals surface area contributed by atoms with Crippen molar-refractivity contribution in [2.45, 2.75) is 30.1 Å². The fourth-order valence-corrected chi connectivity index (χ4v) is 2.55. The SMILES string of the molecule is CC(Sc1cccc(C(C)O)c1)C(=O)N(C)C. The number of rotatable bonds is 4. The third-order valence-electron chi connectivity index (χ3n) is 2.44. The monoisotopic (exact) mass is 253 g/mol. The number of carbonyl (C=O) groups excluding carboxylic acids is 1. The maximum absolute atomic E-state index is 11.7. The number of aliphatic hydroxyl groups is 1. The largest absolute Gasteiger partial charge is 0.389 e. The lowest BCUT2D eigenvalue weighted by atomic mass is 10.1. The molecule has 0 aromatic heterocycles. The molecule has 0 saturated heterocycles. The van der Waals surface area contributed by atoms with Crippen molar-refractivity contribution in [3.05, 3.63) is 29.8 Å². The molecule has 1 aromatic carbocycles. The zero-order valence-corrected chi connectivity index (χ0v) is 11.5. The van der Waals surface area contributed by atoms with E-state index in [0.717, 1.165) is 10.5 Å². The minimum Gasteiger partial charge on any atom is -0.389 e. The number of carbonyl (C=O) groups is 1. The van der Waals surface area contributed by atoms with Gasteiger partial charge in [-0.05, 0) is 31.5 Å². The zero-order valence-electron chi connectivity index (χ0n) is 10.7. The van der Waals surface area contributed by atoms with Gasteiger partial charge in [0.2, 0.25) is 5.91 Å². The summed E-state index contributed by atoms with van der Waals surface area (Å²) < 4.78 is 0. The van der Waals surface area contributed by atoms with Gasteiger partial charge in [-0.2, -0.15) is 0 Å². The van der Waals surface area contributed by atoms with Gasteiger partial charge in [0.05, 0.1) is 11.4 Å². The fourth-order valence-electron chi connectivity index (χ4n) is 1.47. The van der Waals surface area contributed by atoms with Gasteiger partial charge in [0.1, 0.15) is 0 Å². The van der Waals surface area contributed by atoms with Crippen LogP contribution in [0.25, 0.3) is 0 Å². The Balaban J connectivity index is 2.75. The van der Waals surface area contributed by atoms with Gasteiger partial charge in [-0.25, -0.2) is 0 Å². The lowest BCUT2D eigenvalue weighted by Crippen LogP contribution is -2.29. The van der Waals surface area contributed by atoms with E-state index >= 15 is 0 Å². The molecule has 2 unspecified atom stereocenters. The van der Waals surface area contributed by atoms with Crippen LogP contribution in [0, 0.1) is 0 Å². The van der Waals surface area contributed by atoms with Gasteiger partial charge >= 0.3 is 0 Å². The van der Waals surface area contributed by atoms with E-state index in [1.54, 1.807) is 25.9 Å². The molecule has 17 heavy (non-hydrogen) atoms. The molecule has 1 amide bonds. The molecular weight excluding hydrogens is 234 g/mol. The molecule has 94 valence electrons. The van der Waals surface area contributed by atoms with E-state index in [0.29, 0.717) is 0 Å². The predicted molar refractivity (Wildman–Crippen MR) is 71.1 cm³/mol. The van der Waals surface area contributed by atoms with Crippen molar-refractivity contribution >= 4 is 17.7 Å². The standard InChI is InChI=1S/C13H19NO2S/c1-9(15)11-6-5-7-12(8-11)17-10(2)13(16)14(3)4/h5-10,15H,1-4H3. The number of thioether (sulfide) groups is 1. The summed E-state index contributed by atoms with van der Waals surface area (Å²) in [4.78, 5) is 14.3. The first-order valence-electron chi connectivity index (χ1n) is 5.57. The Bertz CT molecular complexity index is 391. The zero-order chi connectivity index (χ0) is 13.0. The number of hydrogen-bond donors (Lipinski definition) is 1. The van der Waals surface area contributed by atoms with Crippen molar-refractivity contribution in [2.75, 3.05) is 14.1 Å². The number of aliphatic hydroxyl groups excluding tert-OH is 1. The van der Waals surface area contributed by atoms with Crippen LogP contribution in [0.3, 0.4) is 0 Å². The summed E-state index contributed by atoms with van der Waals surface area (Å²) in [7, 11) is 3.51. The van der Waals surface area contributed by atoms with E-state index < -0.39 is 6.10 Å². The van der Waals surface area contributed by atoms with Crippen LogP contribution < -0.4 is 0 Å². The van der Waals surface area contributed by atoms with Gasteiger partial charge < -0.3 is 10.0 Å². The molecule has 0 spiro atoms. The summed E-state index contributed by atoms with van der Waals surface area (Å²) in [5.74, 6) is 0.0949. The fraction of sp³-hybridized carbons (Fsp3) is 0.462. The van der Waals surface area contributed by atoms with Crippen molar-refractivity contribution in [3.63, 3.8) is 0 Å². The summed E-state index contributed by atoms with van der Waals surface area (Å²) in [5.41, 5.74) is 0.875. The van der Waals surface area contributed by atoms with Gasteiger partial charge in [-0.3, -0.25) is 4.79 Å². The maximum atomic E-state index is 11.7. The third-order valence-corrected chi connectivity index (χ3v) is 3.52. The van der Waals surface area contributed by atoms with Crippen LogP contribution >= 0.6 is 11.8 Å². The molecule has 0 aliphatic carbocycles. The molecule has 0 aliphatic heterocycles. The van der Waals surface area contributed by atoms with Gasteiger partial charge in [0, 0.05) is 19.0 Å². The second kappa shape index (κ2) is 6.07. The Morgan fingerprint density at radius 3 is 2.53 bits per heavy atom. The Hall–Kier alpha value is -1.00. The first-order valence-corrected chi connectivity index (χ1v) is 6.45. The number of amides is 1. The topological polar surface area (TPSA) is 40.5 Å². The van der Waals surface area contributed by atoms with Crippen LogP contribution in [0.1, 0.15) is 25.5 Å². The molecule has 0 aliphatic rings. The first-order chi connectivity index (χ1) is 7.91. The summed E-state index contributed by atoms with van der Waals surface area (Å²) in [6.45, 7) is 3.63. The van der Waals surface area contributed by atoms with Crippen LogP contribution in [0.4, 0.5) is 0 Å². The molecule has 1 N–H and O–H groups in total. The molecule has 0 fully saturated rings. The summed E-state index contributed by atoms with van der Waals surface area (Å²) >= 11 is 1.51. The van der Waals surface area contributed by atoms with E-state index in [9.17, 15) is 9.90 Å². The van der Waals surface area contributed by atoms with Crippen molar-refractivity contribution in [2.24, 2.45) is 0 Å². The lowest BCUT2D eigenvalue weighted by Gasteiger charge is -2.16. The van der Waals surface area contributed by atoms with Crippen LogP contribution in [-0.4, -0.2) is 35.3 Å². The molecule has 0 radical (unpaired) electrons. The van der Waals surface area contributed by atoms with Crippen LogP contribution in [0.5, 0.6) is 0 Å². The second-order valence-electron chi connectivity index (χ2n) is 4.24.